The summed E-state index contributed by atoms with van der Waals surface area (Å²) in [6, 6.07) is 0.0474. The smallest absolute Gasteiger partial charge is 0.316 e. The zero-order valence-electron chi connectivity index (χ0n) is 7.14. The van der Waals surface area contributed by atoms with E-state index in [2.05, 4.69) is 24.6 Å². The van der Waals surface area contributed by atoms with Crippen LogP contribution in [-0.4, -0.2) is 27.2 Å². The molecule has 0 spiro atoms. The highest BCUT2D eigenvalue weighted by atomic mass is 19.1. The average molecular weight is 196 g/mol. The molecule has 6 nitrogen and oxygen atoms in total. The Morgan fingerprint density at radius 2 is 2.29 bits per heavy atom. The van der Waals surface area contributed by atoms with Crippen LogP contribution in [0.2, 0.25) is 0 Å². The van der Waals surface area contributed by atoms with E-state index in [1.807, 2.05) is 0 Å². The molecule has 2 aromatic heterocycles. The summed E-state index contributed by atoms with van der Waals surface area (Å²) in [6.07, 6.45) is 2.07. The molecule has 0 saturated carbocycles. The molecular formula is C7H5FN4O2. The van der Waals surface area contributed by atoms with Crippen molar-refractivity contribution >= 4 is 0 Å². The maximum atomic E-state index is 13.2. The minimum absolute atomic E-state index is 0.0474. The summed E-state index contributed by atoms with van der Waals surface area (Å²) in [4.78, 5) is 11.0. The van der Waals surface area contributed by atoms with E-state index < -0.39 is 5.82 Å². The van der Waals surface area contributed by atoms with Crippen LogP contribution < -0.4 is 4.74 Å². The number of rotatable bonds is 2. The van der Waals surface area contributed by atoms with Gasteiger partial charge in [-0.05, 0) is 0 Å². The number of methoxy groups -OCH3 is 1. The lowest BCUT2D eigenvalue weighted by Gasteiger charge is -1.99. The molecule has 14 heavy (non-hydrogen) atoms. The van der Waals surface area contributed by atoms with Gasteiger partial charge in [-0.2, -0.15) is 9.97 Å². The topological polar surface area (TPSA) is 73.9 Å². The lowest BCUT2D eigenvalue weighted by Crippen LogP contribution is -1.97. The largest absolute Gasteiger partial charge is 0.467 e. The summed E-state index contributed by atoms with van der Waals surface area (Å²) in [5.74, 6) is -0.574. The quantitative estimate of drug-likeness (QED) is 0.702. The Morgan fingerprint density at radius 1 is 1.43 bits per heavy atom. The fourth-order valence-corrected chi connectivity index (χ4v) is 0.881. The first kappa shape index (κ1) is 8.54. The van der Waals surface area contributed by atoms with Crippen molar-refractivity contribution in [2.24, 2.45) is 0 Å². The van der Waals surface area contributed by atoms with Crippen LogP contribution in [0.15, 0.2) is 17.1 Å². The van der Waals surface area contributed by atoms with Gasteiger partial charge >= 0.3 is 6.01 Å². The van der Waals surface area contributed by atoms with Gasteiger partial charge in [0.25, 0.3) is 0 Å². The van der Waals surface area contributed by atoms with Crippen LogP contribution in [0.1, 0.15) is 0 Å². The van der Waals surface area contributed by atoms with Gasteiger partial charge in [-0.15, -0.1) is 0 Å². The van der Waals surface area contributed by atoms with E-state index >= 15 is 0 Å². The molecule has 0 amide bonds. The van der Waals surface area contributed by atoms with Crippen molar-refractivity contribution in [3.8, 4) is 17.5 Å². The van der Waals surface area contributed by atoms with Crippen molar-refractivity contribution < 1.29 is 13.7 Å². The predicted molar refractivity (Wildman–Crippen MR) is 41.8 cm³/mol. The molecule has 0 atom stereocenters. The van der Waals surface area contributed by atoms with Crippen molar-refractivity contribution in [2.45, 2.75) is 0 Å². The normalized spacial score (nSPS) is 10.1. The zero-order valence-corrected chi connectivity index (χ0v) is 7.14. The Bertz CT molecular complexity index is 431. The Kier molecular flexibility index (Phi) is 2.05. The van der Waals surface area contributed by atoms with Crippen LogP contribution >= 0.6 is 0 Å². The van der Waals surface area contributed by atoms with Crippen molar-refractivity contribution in [1.29, 1.82) is 0 Å². The highest BCUT2D eigenvalue weighted by Crippen LogP contribution is 2.17. The van der Waals surface area contributed by atoms with Gasteiger partial charge in [0.2, 0.25) is 12.2 Å². The molecule has 0 aliphatic rings. The molecular weight excluding hydrogens is 191 g/mol. The number of ether oxygens (including phenoxy) is 1. The van der Waals surface area contributed by atoms with E-state index in [1.165, 1.54) is 7.11 Å². The van der Waals surface area contributed by atoms with E-state index in [0.29, 0.717) is 0 Å². The molecule has 0 N–H and O–H groups in total. The summed E-state index contributed by atoms with van der Waals surface area (Å²) in [5.41, 5.74) is -0.0504. The third-order valence-electron chi connectivity index (χ3n) is 1.48. The van der Waals surface area contributed by atoms with Crippen molar-refractivity contribution in [3.05, 3.63) is 18.4 Å². The first-order chi connectivity index (χ1) is 6.81. The van der Waals surface area contributed by atoms with E-state index in [9.17, 15) is 4.39 Å². The first-order valence-corrected chi connectivity index (χ1v) is 3.64. The van der Waals surface area contributed by atoms with Gasteiger partial charge in [-0.25, -0.2) is 9.37 Å². The third kappa shape index (κ3) is 1.39. The second-order valence-electron chi connectivity index (χ2n) is 2.31. The predicted octanol–water partition coefficient (Wildman–Crippen LogP) is 0.674. The van der Waals surface area contributed by atoms with Crippen LogP contribution in [-0.2, 0) is 0 Å². The number of hydrogen-bond acceptors (Lipinski definition) is 6. The first-order valence-electron chi connectivity index (χ1n) is 3.64. The number of halogens is 1. The van der Waals surface area contributed by atoms with Crippen LogP contribution in [0.3, 0.4) is 0 Å². The van der Waals surface area contributed by atoms with E-state index in [4.69, 9.17) is 4.74 Å². The monoisotopic (exact) mass is 196 g/mol. The Morgan fingerprint density at radius 3 is 2.93 bits per heavy atom. The SMILES string of the molecule is COc1ncc(F)c(-c2ncon2)n1. The molecule has 0 unspecified atom stereocenters. The standard InChI is InChI=1S/C7H5FN4O2/c1-13-7-9-2-4(8)5(11-7)6-10-3-14-12-6/h2-3H,1H3. The highest BCUT2D eigenvalue weighted by Gasteiger charge is 2.13. The molecule has 0 aliphatic heterocycles. The van der Waals surface area contributed by atoms with E-state index in [-0.39, 0.29) is 17.5 Å². The molecule has 0 aliphatic carbocycles. The minimum Gasteiger partial charge on any atom is -0.467 e. The lowest BCUT2D eigenvalue weighted by molar-refractivity contribution is 0.377. The Hall–Kier alpha value is -2.05. The second kappa shape index (κ2) is 3.36. The summed E-state index contributed by atoms with van der Waals surface area (Å²) in [6.45, 7) is 0. The van der Waals surface area contributed by atoms with Gasteiger partial charge in [0.15, 0.2) is 11.5 Å². The van der Waals surface area contributed by atoms with Gasteiger partial charge in [-0.1, -0.05) is 5.16 Å². The second-order valence-corrected chi connectivity index (χ2v) is 2.31. The molecule has 0 radical (unpaired) electrons. The number of hydrogen-bond donors (Lipinski definition) is 0. The Balaban J connectivity index is 2.51. The van der Waals surface area contributed by atoms with E-state index in [1.54, 1.807) is 0 Å². The molecule has 72 valence electrons. The number of aromatic nitrogens is 4. The van der Waals surface area contributed by atoms with Crippen molar-refractivity contribution in [3.63, 3.8) is 0 Å². The molecule has 0 fully saturated rings. The van der Waals surface area contributed by atoms with E-state index in [0.717, 1.165) is 12.6 Å². The van der Waals surface area contributed by atoms with Crippen molar-refractivity contribution in [2.75, 3.05) is 7.11 Å². The molecule has 0 bridgehead atoms. The Labute approximate surface area is 77.8 Å². The maximum Gasteiger partial charge on any atom is 0.316 e. The van der Waals surface area contributed by atoms with Gasteiger partial charge in [-0.3, -0.25) is 0 Å². The summed E-state index contributed by atoms with van der Waals surface area (Å²) in [5, 5.41) is 3.45. The molecule has 0 aromatic carbocycles. The molecule has 2 aromatic rings. The molecule has 2 heterocycles. The maximum absolute atomic E-state index is 13.2. The molecule has 0 saturated heterocycles. The van der Waals surface area contributed by atoms with Gasteiger partial charge in [0.1, 0.15) is 0 Å². The van der Waals surface area contributed by atoms with Gasteiger partial charge in [0.05, 0.1) is 13.3 Å². The van der Waals surface area contributed by atoms with Gasteiger partial charge in [0, 0.05) is 0 Å². The lowest BCUT2D eigenvalue weighted by atomic mass is 10.4. The van der Waals surface area contributed by atoms with Crippen LogP contribution in [0.4, 0.5) is 4.39 Å². The van der Waals surface area contributed by atoms with Crippen LogP contribution in [0, 0.1) is 5.82 Å². The highest BCUT2D eigenvalue weighted by molar-refractivity contribution is 5.48. The molecule has 2 rings (SSSR count). The summed E-state index contributed by atoms with van der Waals surface area (Å²) >= 11 is 0. The zero-order chi connectivity index (χ0) is 9.97. The van der Waals surface area contributed by atoms with Crippen LogP contribution in [0.5, 0.6) is 6.01 Å². The average Bonchev–Trinajstić information content (AvgIpc) is 2.71. The fraction of sp³-hybridized carbons (Fsp3) is 0.143. The summed E-state index contributed by atoms with van der Waals surface area (Å²) < 4.78 is 22.4. The fourth-order valence-electron chi connectivity index (χ4n) is 0.881. The molecule has 7 heteroatoms. The van der Waals surface area contributed by atoms with Gasteiger partial charge < -0.3 is 9.26 Å². The van der Waals surface area contributed by atoms with Crippen molar-refractivity contribution in [1.82, 2.24) is 20.1 Å². The summed E-state index contributed by atoms with van der Waals surface area (Å²) in [7, 11) is 1.38. The number of nitrogens with zero attached hydrogens (tertiary/aromatic N) is 4. The third-order valence-corrected chi connectivity index (χ3v) is 1.48. The van der Waals surface area contributed by atoms with Crippen LogP contribution in [0.25, 0.3) is 11.5 Å². The minimum atomic E-state index is -0.632.